The number of benzene rings is 2. The molecule has 1 amide bonds. The van der Waals surface area contributed by atoms with Crippen LogP contribution in [0.3, 0.4) is 0 Å². The molecule has 0 heterocycles. The second kappa shape index (κ2) is 6.87. The highest BCUT2D eigenvalue weighted by Crippen LogP contribution is 2.23. The Morgan fingerprint density at radius 3 is 2.24 bits per heavy atom. The van der Waals surface area contributed by atoms with Crippen LogP contribution in [-0.2, 0) is 4.74 Å². The largest absolute Gasteiger partial charge is 0.465 e. The quantitative estimate of drug-likeness (QED) is 0.766. The van der Waals surface area contributed by atoms with Crippen LogP contribution < -0.4 is 5.32 Å². The summed E-state index contributed by atoms with van der Waals surface area (Å²) in [4.78, 5) is 23.9. The van der Waals surface area contributed by atoms with Gasteiger partial charge in [-0.1, -0.05) is 31.9 Å². The van der Waals surface area contributed by atoms with E-state index in [1.54, 1.807) is 42.5 Å². The van der Waals surface area contributed by atoms with Crippen LogP contribution in [0.4, 0.5) is 5.69 Å². The molecule has 4 nitrogen and oxygen atoms in total. The van der Waals surface area contributed by atoms with Crippen LogP contribution in [0.5, 0.6) is 0 Å². The van der Waals surface area contributed by atoms with Crippen molar-refractivity contribution in [3.63, 3.8) is 0 Å². The van der Waals surface area contributed by atoms with E-state index in [0.717, 1.165) is 8.95 Å². The molecular formula is C15H11Br2NO3. The van der Waals surface area contributed by atoms with Crippen molar-refractivity contribution in [3.05, 3.63) is 62.5 Å². The van der Waals surface area contributed by atoms with Crippen LogP contribution in [0.2, 0.25) is 0 Å². The molecule has 0 aliphatic carbocycles. The minimum atomic E-state index is -0.512. The highest BCUT2D eigenvalue weighted by molar-refractivity contribution is 9.10. The number of carbonyl (C=O) groups excluding carboxylic acids is 2. The number of halogens is 2. The van der Waals surface area contributed by atoms with Crippen LogP contribution in [0.25, 0.3) is 0 Å². The topological polar surface area (TPSA) is 55.4 Å². The Balaban J connectivity index is 2.28. The summed E-state index contributed by atoms with van der Waals surface area (Å²) in [7, 11) is 1.30. The molecular weight excluding hydrogens is 402 g/mol. The maximum atomic E-state index is 12.2. The standard InChI is InChI=1S/C15H11Br2NO3/c1-21-15(20)12-8-11(17)6-7-13(12)18-14(19)9-2-4-10(16)5-3-9/h2-8H,1H3,(H,18,19). The predicted molar refractivity (Wildman–Crippen MR) is 87.6 cm³/mol. The molecule has 108 valence electrons. The number of amides is 1. The van der Waals surface area contributed by atoms with Gasteiger partial charge in [0, 0.05) is 14.5 Å². The Kier molecular flexibility index (Phi) is 5.14. The normalized spacial score (nSPS) is 10.0. The van der Waals surface area contributed by atoms with Gasteiger partial charge in [0.15, 0.2) is 0 Å². The monoisotopic (exact) mass is 411 g/mol. The first-order valence-electron chi connectivity index (χ1n) is 5.96. The Labute approximate surface area is 138 Å². The van der Waals surface area contributed by atoms with Gasteiger partial charge in [0.25, 0.3) is 5.91 Å². The number of methoxy groups -OCH3 is 1. The lowest BCUT2D eigenvalue weighted by atomic mass is 10.1. The highest BCUT2D eigenvalue weighted by atomic mass is 79.9. The van der Waals surface area contributed by atoms with Crippen LogP contribution in [0.15, 0.2) is 51.4 Å². The molecule has 0 aromatic heterocycles. The summed E-state index contributed by atoms with van der Waals surface area (Å²) in [5.41, 5.74) is 1.19. The van der Waals surface area contributed by atoms with Crippen molar-refractivity contribution in [1.29, 1.82) is 0 Å². The third-order valence-electron chi connectivity index (χ3n) is 2.74. The fourth-order valence-corrected chi connectivity index (χ4v) is 2.33. The number of carbonyl (C=O) groups is 2. The lowest BCUT2D eigenvalue weighted by Gasteiger charge is -2.10. The summed E-state index contributed by atoms with van der Waals surface area (Å²) in [6.07, 6.45) is 0. The number of esters is 1. The van der Waals surface area contributed by atoms with Gasteiger partial charge in [0.05, 0.1) is 18.4 Å². The summed E-state index contributed by atoms with van der Waals surface area (Å²) >= 11 is 6.60. The smallest absolute Gasteiger partial charge is 0.340 e. The van der Waals surface area contributed by atoms with Crippen LogP contribution in [0.1, 0.15) is 20.7 Å². The first-order valence-corrected chi connectivity index (χ1v) is 7.54. The van der Waals surface area contributed by atoms with E-state index in [0.29, 0.717) is 11.3 Å². The van der Waals surface area contributed by atoms with Crippen molar-refractivity contribution in [2.45, 2.75) is 0 Å². The Hall–Kier alpha value is -1.66. The molecule has 0 atom stereocenters. The van der Waals surface area contributed by atoms with Crippen molar-refractivity contribution in [2.75, 3.05) is 12.4 Å². The molecule has 0 saturated carbocycles. The van der Waals surface area contributed by atoms with Gasteiger partial charge in [-0.2, -0.15) is 0 Å². The SMILES string of the molecule is COC(=O)c1cc(Br)ccc1NC(=O)c1ccc(Br)cc1. The Bertz CT molecular complexity index is 684. The summed E-state index contributed by atoms with van der Waals surface area (Å²) < 4.78 is 6.33. The van der Waals surface area contributed by atoms with Crippen LogP contribution in [0, 0.1) is 0 Å². The molecule has 0 aliphatic rings. The molecule has 6 heteroatoms. The number of rotatable bonds is 3. The van der Waals surface area contributed by atoms with E-state index >= 15 is 0 Å². The Morgan fingerprint density at radius 2 is 1.62 bits per heavy atom. The number of hydrogen-bond donors (Lipinski definition) is 1. The van der Waals surface area contributed by atoms with Gasteiger partial charge in [-0.25, -0.2) is 4.79 Å². The van der Waals surface area contributed by atoms with Gasteiger partial charge in [0.1, 0.15) is 0 Å². The van der Waals surface area contributed by atoms with E-state index in [9.17, 15) is 9.59 Å². The molecule has 0 fully saturated rings. The van der Waals surface area contributed by atoms with E-state index in [2.05, 4.69) is 37.2 Å². The number of hydrogen-bond acceptors (Lipinski definition) is 3. The highest BCUT2D eigenvalue weighted by Gasteiger charge is 2.15. The minimum absolute atomic E-state index is 0.289. The molecule has 0 unspecified atom stereocenters. The zero-order chi connectivity index (χ0) is 15.4. The Morgan fingerprint density at radius 1 is 1.00 bits per heavy atom. The first-order chi connectivity index (χ1) is 10.0. The molecule has 21 heavy (non-hydrogen) atoms. The molecule has 0 radical (unpaired) electrons. The van der Waals surface area contributed by atoms with E-state index in [-0.39, 0.29) is 11.5 Å². The minimum Gasteiger partial charge on any atom is -0.465 e. The zero-order valence-corrected chi connectivity index (χ0v) is 14.2. The third kappa shape index (κ3) is 3.92. The van der Waals surface area contributed by atoms with E-state index in [1.807, 2.05) is 0 Å². The second-order valence-electron chi connectivity index (χ2n) is 4.14. The van der Waals surface area contributed by atoms with Crippen molar-refractivity contribution < 1.29 is 14.3 Å². The molecule has 2 rings (SSSR count). The van der Waals surface area contributed by atoms with Crippen molar-refractivity contribution in [3.8, 4) is 0 Å². The zero-order valence-electron chi connectivity index (χ0n) is 11.0. The van der Waals surface area contributed by atoms with Crippen molar-refractivity contribution >= 4 is 49.4 Å². The number of ether oxygens (including phenoxy) is 1. The van der Waals surface area contributed by atoms with Crippen molar-refractivity contribution in [1.82, 2.24) is 0 Å². The fraction of sp³-hybridized carbons (Fsp3) is 0.0667. The molecule has 2 aromatic rings. The molecule has 0 saturated heterocycles. The summed E-state index contributed by atoms with van der Waals surface area (Å²) in [6, 6.07) is 11.9. The molecule has 1 N–H and O–H groups in total. The van der Waals surface area contributed by atoms with Crippen LogP contribution >= 0.6 is 31.9 Å². The second-order valence-corrected chi connectivity index (χ2v) is 5.97. The van der Waals surface area contributed by atoms with E-state index in [4.69, 9.17) is 4.74 Å². The van der Waals surface area contributed by atoms with Gasteiger partial charge in [-0.15, -0.1) is 0 Å². The van der Waals surface area contributed by atoms with E-state index in [1.165, 1.54) is 7.11 Å². The predicted octanol–water partition coefficient (Wildman–Crippen LogP) is 4.25. The molecule has 0 bridgehead atoms. The summed E-state index contributed by atoms with van der Waals surface area (Å²) in [5.74, 6) is -0.808. The first kappa shape index (κ1) is 15.7. The van der Waals surface area contributed by atoms with Gasteiger partial charge in [-0.3, -0.25) is 4.79 Å². The summed E-state index contributed by atoms with van der Waals surface area (Å²) in [5, 5.41) is 2.71. The average Bonchev–Trinajstić information content (AvgIpc) is 2.48. The molecule has 0 spiro atoms. The third-order valence-corrected chi connectivity index (χ3v) is 3.76. The number of anilines is 1. The molecule has 0 aliphatic heterocycles. The maximum Gasteiger partial charge on any atom is 0.340 e. The van der Waals surface area contributed by atoms with Crippen LogP contribution in [-0.4, -0.2) is 19.0 Å². The van der Waals surface area contributed by atoms with E-state index < -0.39 is 5.97 Å². The lowest BCUT2D eigenvalue weighted by Crippen LogP contribution is -2.15. The average molecular weight is 413 g/mol. The fourth-order valence-electron chi connectivity index (χ4n) is 1.70. The number of nitrogens with one attached hydrogen (secondary N) is 1. The van der Waals surface area contributed by atoms with Gasteiger partial charge in [-0.05, 0) is 42.5 Å². The summed E-state index contributed by atoms with van der Waals surface area (Å²) in [6.45, 7) is 0. The van der Waals surface area contributed by atoms with Gasteiger partial charge < -0.3 is 10.1 Å². The molecule has 2 aromatic carbocycles. The van der Waals surface area contributed by atoms with Crippen molar-refractivity contribution in [2.24, 2.45) is 0 Å². The van der Waals surface area contributed by atoms with Gasteiger partial charge in [0.2, 0.25) is 0 Å². The lowest BCUT2D eigenvalue weighted by molar-refractivity contribution is 0.0602. The van der Waals surface area contributed by atoms with Gasteiger partial charge >= 0.3 is 5.97 Å². The maximum absolute atomic E-state index is 12.2.